The van der Waals surface area contributed by atoms with Crippen LogP contribution in [0.25, 0.3) is 16.8 Å². The van der Waals surface area contributed by atoms with Gasteiger partial charge in [-0.15, -0.1) is 0 Å². The predicted octanol–water partition coefficient (Wildman–Crippen LogP) is 5.47. The van der Waals surface area contributed by atoms with E-state index in [1.165, 1.54) is 5.56 Å². The fourth-order valence-corrected chi connectivity index (χ4v) is 2.46. The van der Waals surface area contributed by atoms with Crippen LogP contribution in [-0.4, -0.2) is 12.6 Å². The van der Waals surface area contributed by atoms with Crippen molar-refractivity contribution in [3.8, 4) is 11.1 Å². The molecule has 0 saturated carbocycles. The van der Waals surface area contributed by atoms with Gasteiger partial charge in [-0.25, -0.2) is 9.98 Å². The Bertz CT molecular complexity index is 861. The summed E-state index contributed by atoms with van der Waals surface area (Å²) in [6, 6.07) is 28.3. The molecule has 0 fully saturated rings. The van der Waals surface area contributed by atoms with Gasteiger partial charge in [-0.05, 0) is 23.4 Å². The van der Waals surface area contributed by atoms with Gasteiger partial charge in [-0.1, -0.05) is 91.5 Å². The largest absolute Gasteiger partial charge is 0.245 e. The minimum Gasteiger partial charge on any atom is -0.245 e. The Labute approximate surface area is 142 Å². The molecule has 0 N–H and O–H groups in total. The Morgan fingerprint density at radius 1 is 0.625 bits per heavy atom. The van der Waals surface area contributed by atoms with Crippen molar-refractivity contribution in [2.24, 2.45) is 9.98 Å². The lowest BCUT2D eigenvalue weighted by atomic mass is 10.0. The summed E-state index contributed by atoms with van der Waals surface area (Å²) in [6.45, 7) is 7.67. The van der Waals surface area contributed by atoms with E-state index in [9.17, 15) is 0 Å². The molecule has 116 valence electrons. The maximum atomic E-state index is 4.53. The van der Waals surface area contributed by atoms with Gasteiger partial charge in [-0.3, -0.25) is 0 Å². The Morgan fingerprint density at radius 2 is 1.17 bits per heavy atom. The normalized spacial score (nSPS) is 11.1. The predicted molar refractivity (Wildman–Crippen MR) is 103 cm³/mol. The van der Waals surface area contributed by atoms with E-state index in [1.807, 2.05) is 60.7 Å². The lowest BCUT2D eigenvalue weighted by Crippen LogP contribution is -1.97. The number of amidine groups is 1. The third-order valence-electron chi connectivity index (χ3n) is 3.75. The first-order valence-electron chi connectivity index (χ1n) is 7.73. The summed E-state index contributed by atoms with van der Waals surface area (Å²) in [6.07, 6.45) is 0. The third kappa shape index (κ3) is 3.55. The number of rotatable bonds is 4. The van der Waals surface area contributed by atoms with Crippen molar-refractivity contribution in [2.45, 2.75) is 0 Å². The first-order chi connectivity index (χ1) is 11.8. The van der Waals surface area contributed by atoms with Gasteiger partial charge in [0.25, 0.3) is 0 Å². The summed E-state index contributed by atoms with van der Waals surface area (Å²) in [7, 11) is 0. The standard InChI is InChI=1S/C22H18N2/c1-17(18-9-5-3-6-10-18)24-22(23-2)21-15-13-20(14-16-21)19-11-7-4-8-12-19/h3-16H,1-2H2. The highest BCUT2D eigenvalue weighted by Gasteiger charge is 2.04. The quantitative estimate of drug-likeness (QED) is 0.451. The molecule has 2 nitrogen and oxygen atoms in total. The zero-order valence-electron chi connectivity index (χ0n) is 13.4. The van der Waals surface area contributed by atoms with Crippen molar-refractivity contribution >= 4 is 18.3 Å². The summed E-state index contributed by atoms with van der Waals surface area (Å²) in [4.78, 5) is 8.60. The molecule has 0 atom stereocenters. The van der Waals surface area contributed by atoms with E-state index in [1.54, 1.807) is 0 Å². The molecule has 24 heavy (non-hydrogen) atoms. The summed E-state index contributed by atoms with van der Waals surface area (Å²) in [5.41, 5.74) is 4.90. The van der Waals surface area contributed by atoms with Crippen LogP contribution >= 0.6 is 0 Å². The summed E-state index contributed by atoms with van der Waals surface area (Å²) in [5.74, 6) is 0.573. The second-order valence-corrected chi connectivity index (χ2v) is 5.35. The van der Waals surface area contributed by atoms with Crippen molar-refractivity contribution in [3.63, 3.8) is 0 Å². The topological polar surface area (TPSA) is 24.7 Å². The molecule has 3 aromatic carbocycles. The lowest BCUT2D eigenvalue weighted by molar-refractivity contribution is 1.46. The van der Waals surface area contributed by atoms with E-state index in [-0.39, 0.29) is 0 Å². The van der Waals surface area contributed by atoms with Gasteiger partial charge in [0.15, 0.2) is 5.84 Å². The van der Waals surface area contributed by atoms with Gasteiger partial charge in [0, 0.05) is 5.56 Å². The summed E-state index contributed by atoms with van der Waals surface area (Å²) >= 11 is 0. The second kappa shape index (κ2) is 7.34. The molecule has 0 aliphatic heterocycles. The molecule has 0 spiro atoms. The summed E-state index contributed by atoms with van der Waals surface area (Å²) < 4.78 is 0. The van der Waals surface area contributed by atoms with E-state index in [0.717, 1.165) is 16.7 Å². The molecule has 3 aromatic rings. The zero-order valence-corrected chi connectivity index (χ0v) is 13.4. The number of benzene rings is 3. The molecule has 0 amide bonds. The number of hydrogen-bond acceptors (Lipinski definition) is 1. The third-order valence-corrected chi connectivity index (χ3v) is 3.75. The Hall–Kier alpha value is -3.26. The minimum atomic E-state index is 0.573. The van der Waals surface area contributed by atoms with Crippen molar-refractivity contribution in [1.29, 1.82) is 0 Å². The van der Waals surface area contributed by atoms with Crippen molar-refractivity contribution in [1.82, 2.24) is 0 Å². The van der Waals surface area contributed by atoms with Crippen LogP contribution in [0.4, 0.5) is 0 Å². The molecule has 0 saturated heterocycles. The van der Waals surface area contributed by atoms with Gasteiger partial charge in [0.1, 0.15) is 0 Å². The van der Waals surface area contributed by atoms with Gasteiger partial charge < -0.3 is 0 Å². The molecule has 2 heteroatoms. The highest BCUT2D eigenvalue weighted by Crippen LogP contribution is 2.21. The Balaban J connectivity index is 1.87. The van der Waals surface area contributed by atoms with Crippen LogP contribution in [0.3, 0.4) is 0 Å². The van der Waals surface area contributed by atoms with Crippen LogP contribution < -0.4 is 0 Å². The molecule has 0 unspecified atom stereocenters. The van der Waals surface area contributed by atoms with Crippen LogP contribution in [0.15, 0.2) is 101 Å². The number of nitrogens with zero attached hydrogens (tertiary/aromatic N) is 2. The van der Waals surface area contributed by atoms with Crippen molar-refractivity contribution in [3.05, 3.63) is 103 Å². The van der Waals surface area contributed by atoms with E-state index >= 15 is 0 Å². The molecular formula is C22H18N2. The Kier molecular flexibility index (Phi) is 4.78. The van der Waals surface area contributed by atoms with Gasteiger partial charge in [-0.2, -0.15) is 0 Å². The molecule has 0 radical (unpaired) electrons. The molecule has 0 heterocycles. The van der Waals surface area contributed by atoms with E-state index < -0.39 is 0 Å². The average molecular weight is 310 g/mol. The van der Waals surface area contributed by atoms with Crippen LogP contribution in [0, 0.1) is 0 Å². The van der Waals surface area contributed by atoms with E-state index in [0.29, 0.717) is 11.5 Å². The summed E-state index contributed by atoms with van der Waals surface area (Å²) in [5, 5.41) is 0. The smallest absolute Gasteiger partial charge is 0.159 e. The molecule has 0 bridgehead atoms. The maximum absolute atomic E-state index is 4.53. The maximum Gasteiger partial charge on any atom is 0.159 e. The zero-order chi connectivity index (χ0) is 16.8. The van der Waals surface area contributed by atoms with Crippen LogP contribution in [0.1, 0.15) is 11.1 Å². The highest BCUT2D eigenvalue weighted by molar-refractivity contribution is 6.04. The second-order valence-electron chi connectivity index (χ2n) is 5.35. The van der Waals surface area contributed by atoms with E-state index in [4.69, 9.17) is 0 Å². The first-order valence-corrected chi connectivity index (χ1v) is 7.73. The van der Waals surface area contributed by atoms with Crippen molar-refractivity contribution in [2.75, 3.05) is 0 Å². The van der Waals surface area contributed by atoms with Crippen LogP contribution in [0.5, 0.6) is 0 Å². The van der Waals surface area contributed by atoms with Gasteiger partial charge >= 0.3 is 0 Å². The number of hydrogen-bond donors (Lipinski definition) is 0. The molecular weight excluding hydrogens is 292 g/mol. The Morgan fingerprint density at radius 3 is 1.75 bits per heavy atom. The van der Waals surface area contributed by atoms with E-state index in [2.05, 4.69) is 47.5 Å². The molecule has 0 aromatic heterocycles. The van der Waals surface area contributed by atoms with Crippen molar-refractivity contribution < 1.29 is 0 Å². The van der Waals surface area contributed by atoms with Crippen LogP contribution in [0.2, 0.25) is 0 Å². The lowest BCUT2D eigenvalue weighted by Gasteiger charge is -2.06. The molecule has 0 aliphatic carbocycles. The van der Waals surface area contributed by atoms with Gasteiger partial charge in [0.05, 0.1) is 5.70 Å². The molecule has 3 rings (SSSR count). The molecule has 0 aliphatic rings. The first kappa shape index (κ1) is 15.6. The number of aliphatic imine (C=N–C) groups is 2. The van der Waals surface area contributed by atoms with Gasteiger partial charge in [0.2, 0.25) is 0 Å². The SMILES string of the molecule is C=NC(=NC(=C)c1ccccc1)c1ccc(-c2ccccc2)cc1. The fourth-order valence-electron chi connectivity index (χ4n) is 2.46. The minimum absolute atomic E-state index is 0.573. The highest BCUT2D eigenvalue weighted by atomic mass is 14.9. The fraction of sp³-hybridized carbons (Fsp3) is 0. The monoisotopic (exact) mass is 310 g/mol. The van der Waals surface area contributed by atoms with Crippen LogP contribution in [-0.2, 0) is 0 Å². The average Bonchev–Trinajstić information content (AvgIpc) is 2.67.